The highest BCUT2D eigenvalue weighted by Gasteiger charge is 2.22. The summed E-state index contributed by atoms with van der Waals surface area (Å²) in [4.78, 5) is 16.3. The van der Waals surface area contributed by atoms with Crippen LogP contribution in [0.3, 0.4) is 0 Å². The number of thiazole rings is 1. The van der Waals surface area contributed by atoms with Crippen LogP contribution < -0.4 is 14.3 Å². The molecule has 0 bridgehead atoms. The second-order valence-electron chi connectivity index (χ2n) is 6.71. The third-order valence-corrected chi connectivity index (χ3v) is 5.31. The van der Waals surface area contributed by atoms with Crippen LogP contribution in [0.25, 0.3) is 11.3 Å². The van der Waals surface area contributed by atoms with Crippen LogP contribution >= 0.6 is 22.9 Å². The first-order valence-corrected chi connectivity index (χ1v) is 10.3. The standard InChI is InChI=1S/C20H17ClN4O4S/c1-12(2)23-20-24(17(10-30-20)13-3-5-15(21)6-4-13)22-9-14-7-18-19(29-11-28-18)8-16(14)25(26)27/h3-10,12H,11H2,1-2H3. The Morgan fingerprint density at radius 1 is 1.23 bits per heavy atom. The molecular weight excluding hydrogens is 428 g/mol. The van der Waals surface area contributed by atoms with E-state index in [2.05, 4.69) is 10.1 Å². The second-order valence-corrected chi connectivity index (χ2v) is 7.98. The monoisotopic (exact) mass is 444 g/mol. The Bertz CT molecular complexity index is 1200. The molecule has 0 N–H and O–H groups in total. The van der Waals surface area contributed by atoms with E-state index in [-0.39, 0.29) is 18.5 Å². The number of nitrogens with zero attached hydrogens (tertiary/aromatic N) is 4. The van der Waals surface area contributed by atoms with Crippen molar-refractivity contribution in [3.8, 4) is 22.8 Å². The van der Waals surface area contributed by atoms with Gasteiger partial charge in [-0.15, -0.1) is 11.3 Å². The average molecular weight is 445 g/mol. The molecule has 0 fully saturated rings. The molecule has 30 heavy (non-hydrogen) atoms. The Hall–Kier alpha value is -3.17. The molecule has 0 amide bonds. The van der Waals surface area contributed by atoms with Crippen molar-refractivity contribution < 1.29 is 14.4 Å². The maximum Gasteiger partial charge on any atom is 0.282 e. The zero-order valence-corrected chi connectivity index (χ0v) is 17.7. The molecule has 0 saturated heterocycles. The van der Waals surface area contributed by atoms with Gasteiger partial charge in [0, 0.05) is 22.0 Å². The van der Waals surface area contributed by atoms with Gasteiger partial charge in [0.1, 0.15) is 0 Å². The van der Waals surface area contributed by atoms with Crippen LogP contribution in [0.2, 0.25) is 5.02 Å². The number of aromatic nitrogens is 1. The lowest BCUT2D eigenvalue weighted by Crippen LogP contribution is -2.14. The van der Waals surface area contributed by atoms with Gasteiger partial charge >= 0.3 is 0 Å². The van der Waals surface area contributed by atoms with Crippen LogP contribution in [-0.2, 0) is 0 Å². The molecule has 10 heteroatoms. The number of hydrogen-bond donors (Lipinski definition) is 0. The summed E-state index contributed by atoms with van der Waals surface area (Å²) in [7, 11) is 0. The van der Waals surface area contributed by atoms with Gasteiger partial charge in [-0.3, -0.25) is 15.1 Å². The van der Waals surface area contributed by atoms with Gasteiger partial charge in [0.2, 0.25) is 11.6 Å². The number of nitro benzene ring substituents is 1. The topological polar surface area (TPSA) is 91.2 Å². The van der Waals surface area contributed by atoms with E-state index in [1.807, 2.05) is 31.4 Å². The van der Waals surface area contributed by atoms with Gasteiger partial charge in [0.05, 0.1) is 28.5 Å². The fraction of sp³-hybridized carbons (Fsp3) is 0.200. The Kier molecular flexibility index (Phi) is 5.56. The van der Waals surface area contributed by atoms with Crippen molar-refractivity contribution in [2.24, 2.45) is 10.1 Å². The Morgan fingerprint density at radius 3 is 2.60 bits per heavy atom. The lowest BCUT2D eigenvalue weighted by atomic mass is 10.1. The van der Waals surface area contributed by atoms with Crippen molar-refractivity contribution in [1.82, 2.24) is 4.68 Å². The summed E-state index contributed by atoms with van der Waals surface area (Å²) in [5, 5.41) is 18.6. The maximum atomic E-state index is 11.5. The molecule has 1 aliphatic rings. The number of nitro groups is 1. The summed E-state index contributed by atoms with van der Waals surface area (Å²) >= 11 is 7.45. The van der Waals surface area contributed by atoms with Crippen LogP contribution in [0, 0.1) is 10.1 Å². The van der Waals surface area contributed by atoms with Gasteiger partial charge in [-0.1, -0.05) is 23.7 Å². The SMILES string of the molecule is CC(C)N=c1scc(-c2ccc(Cl)cc2)n1N=Cc1cc2c(cc1[N+](=O)[O-])OCO2. The molecule has 1 aliphatic heterocycles. The quantitative estimate of drug-likeness (QED) is 0.324. The molecule has 3 aromatic rings. The van der Waals surface area contributed by atoms with E-state index < -0.39 is 4.92 Å². The normalized spacial score (nSPS) is 13.5. The number of ether oxygens (including phenoxy) is 2. The predicted octanol–water partition coefficient (Wildman–Crippen LogP) is 4.70. The lowest BCUT2D eigenvalue weighted by Gasteiger charge is -2.05. The van der Waals surface area contributed by atoms with E-state index >= 15 is 0 Å². The Balaban J connectivity index is 1.83. The first-order chi connectivity index (χ1) is 14.4. The first kappa shape index (κ1) is 20.1. The van der Waals surface area contributed by atoms with Crippen molar-refractivity contribution >= 4 is 34.8 Å². The summed E-state index contributed by atoms with van der Waals surface area (Å²) in [6, 6.07) is 10.3. The van der Waals surface area contributed by atoms with Crippen molar-refractivity contribution in [3.63, 3.8) is 0 Å². The fourth-order valence-electron chi connectivity index (χ4n) is 2.87. The zero-order chi connectivity index (χ0) is 21.3. The van der Waals surface area contributed by atoms with Gasteiger partial charge in [-0.25, -0.2) is 4.68 Å². The molecule has 8 nitrogen and oxygen atoms in total. The third kappa shape index (κ3) is 4.07. The molecule has 1 aromatic heterocycles. The van der Waals surface area contributed by atoms with Gasteiger partial charge in [0.15, 0.2) is 11.5 Å². The third-order valence-electron chi connectivity index (χ3n) is 4.22. The molecule has 0 aliphatic carbocycles. The molecule has 4 rings (SSSR count). The van der Waals surface area contributed by atoms with Crippen molar-refractivity contribution in [2.45, 2.75) is 19.9 Å². The van der Waals surface area contributed by atoms with Crippen molar-refractivity contribution in [3.05, 3.63) is 67.3 Å². The number of rotatable bonds is 5. The summed E-state index contributed by atoms with van der Waals surface area (Å²) in [5.41, 5.74) is 1.89. The smallest absolute Gasteiger partial charge is 0.282 e. The summed E-state index contributed by atoms with van der Waals surface area (Å²) in [5.74, 6) is 0.793. The molecule has 0 atom stereocenters. The maximum absolute atomic E-state index is 11.5. The van der Waals surface area contributed by atoms with E-state index in [0.717, 1.165) is 11.3 Å². The highest BCUT2D eigenvalue weighted by atomic mass is 35.5. The Labute approximate surface area is 180 Å². The predicted molar refractivity (Wildman–Crippen MR) is 116 cm³/mol. The summed E-state index contributed by atoms with van der Waals surface area (Å²) in [6.07, 6.45) is 1.44. The van der Waals surface area contributed by atoms with Crippen LogP contribution in [0.15, 0.2) is 51.9 Å². The molecular formula is C20H17ClN4O4S. The van der Waals surface area contributed by atoms with Crippen LogP contribution in [0.1, 0.15) is 19.4 Å². The summed E-state index contributed by atoms with van der Waals surface area (Å²) < 4.78 is 12.3. The molecule has 0 saturated carbocycles. The zero-order valence-electron chi connectivity index (χ0n) is 16.1. The minimum absolute atomic E-state index is 0.0322. The number of halogens is 1. The van der Waals surface area contributed by atoms with Gasteiger partial charge < -0.3 is 9.47 Å². The molecule has 0 radical (unpaired) electrons. The molecule has 2 heterocycles. The number of fused-ring (bicyclic) bond motifs is 1. The first-order valence-electron chi connectivity index (χ1n) is 9.05. The van der Waals surface area contributed by atoms with E-state index in [1.165, 1.54) is 23.6 Å². The van der Waals surface area contributed by atoms with E-state index in [0.29, 0.717) is 26.9 Å². The minimum Gasteiger partial charge on any atom is -0.454 e. The van der Waals surface area contributed by atoms with Gasteiger partial charge in [0.25, 0.3) is 5.69 Å². The highest BCUT2D eigenvalue weighted by molar-refractivity contribution is 7.07. The largest absolute Gasteiger partial charge is 0.454 e. The molecule has 154 valence electrons. The Morgan fingerprint density at radius 2 is 1.93 bits per heavy atom. The lowest BCUT2D eigenvalue weighted by molar-refractivity contribution is -0.385. The summed E-state index contributed by atoms with van der Waals surface area (Å²) in [6.45, 7) is 3.97. The molecule has 0 unspecified atom stereocenters. The van der Waals surface area contributed by atoms with Gasteiger partial charge in [-0.05, 0) is 32.0 Å². The van der Waals surface area contributed by atoms with E-state index in [1.54, 1.807) is 22.9 Å². The number of hydrogen-bond acceptors (Lipinski definition) is 7. The van der Waals surface area contributed by atoms with E-state index in [9.17, 15) is 10.1 Å². The van der Waals surface area contributed by atoms with E-state index in [4.69, 9.17) is 21.1 Å². The number of benzene rings is 2. The fourth-order valence-corrected chi connectivity index (χ4v) is 3.96. The average Bonchev–Trinajstić information content (AvgIpc) is 3.32. The van der Waals surface area contributed by atoms with Crippen LogP contribution in [-0.4, -0.2) is 28.6 Å². The van der Waals surface area contributed by atoms with Crippen molar-refractivity contribution in [2.75, 3.05) is 6.79 Å². The van der Waals surface area contributed by atoms with Gasteiger partial charge in [-0.2, -0.15) is 5.10 Å². The van der Waals surface area contributed by atoms with Crippen molar-refractivity contribution in [1.29, 1.82) is 0 Å². The molecule has 2 aromatic carbocycles. The molecule has 0 spiro atoms. The minimum atomic E-state index is -0.471. The second kappa shape index (κ2) is 8.29. The highest BCUT2D eigenvalue weighted by Crippen LogP contribution is 2.37. The van der Waals surface area contributed by atoms with Crippen LogP contribution in [0.5, 0.6) is 11.5 Å². The van der Waals surface area contributed by atoms with Crippen LogP contribution in [0.4, 0.5) is 5.69 Å².